The minimum Gasteiger partial charge on any atom is -0.444 e. The van der Waals surface area contributed by atoms with Gasteiger partial charge in [0.25, 0.3) is 5.91 Å². The van der Waals surface area contributed by atoms with Crippen molar-refractivity contribution < 1.29 is 32.3 Å². The van der Waals surface area contributed by atoms with Gasteiger partial charge in [-0.25, -0.2) is 4.79 Å². The monoisotopic (exact) mass is 388 g/mol. The van der Waals surface area contributed by atoms with Crippen LogP contribution in [-0.2, 0) is 14.4 Å². The number of rotatable bonds is 3. The van der Waals surface area contributed by atoms with Gasteiger partial charge in [0.1, 0.15) is 5.60 Å². The lowest BCUT2D eigenvalue weighted by atomic mass is 9.96. The Hall–Kier alpha value is -2.29. The van der Waals surface area contributed by atoms with Crippen molar-refractivity contribution in [2.75, 3.05) is 18.2 Å². The molecular weight excluding hydrogens is 365 g/mol. The van der Waals surface area contributed by atoms with Crippen LogP contribution in [0.4, 0.5) is 23.7 Å². The average Bonchev–Trinajstić information content (AvgIpc) is 2.58. The van der Waals surface area contributed by atoms with Crippen LogP contribution in [0.1, 0.15) is 33.6 Å². The van der Waals surface area contributed by atoms with Gasteiger partial charge in [0.15, 0.2) is 0 Å². The summed E-state index contributed by atoms with van der Waals surface area (Å²) in [5.74, 6) is -1.48. The Morgan fingerprint density at radius 3 is 2.11 bits per heavy atom. The molecule has 150 valence electrons. The highest BCUT2D eigenvalue weighted by molar-refractivity contribution is 5.93. The van der Waals surface area contributed by atoms with Crippen LogP contribution in [0.25, 0.3) is 0 Å². The third-order valence-electron chi connectivity index (χ3n) is 3.88. The molecule has 1 aromatic rings. The molecule has 0 N–H and O–H groups in total. The van der Waals surface area contributed by atoms with E-state index in [-0.39, 0.29) is 36.7 Å². The van der Waals surface area contributed by atoms with Crippen molar-refractivity contribution in [3.8, 4) is 0 Å². The van der Waals surface area contributed by atoms with Crippen LogP contribution in [-0.4, -0.2) is 42.0 Å². The van der Waals surface area contributed by atoms with Crippen LogP contribution in [0.3, 0.4) is 0 Å². The quantitative estimate of drug-likeness (QED) is 0.731. The van der Waals surface area contributed by atoms with Crippen molar-refractivity contribution in [1.82, 2.24) is 4.90 Å². The molecule has 2 amide bonds. The predicted octanol–water partition coefficient (Wildman–Crippen LogP) is 4.12. The normalized spacial score (nSPS) is 16.1. The number of benzene rings is 1. The highest BCUT2D eigenvalue weighted by Crippen LogP contribution is 2.28. The van der Waals surface area contributed by atoms with Gasteiger partial charge in [0.2, 0.25) is 0 Å². The summed E-state index contributed by atoms with van der Waals surface area (Å²) in [5, 5.41) is 0.286. The van der Waals surface area contributed by atoms with E-state index in [0.717, 1.165) is 0 Å². The second-order valence-electron chi connectivity index (χ2n) is 7.25. The van der Waals surface area contributed by atoms with E-state index in [1.165, 1.54) is 29.2 Å². The average molecular weight is 388 g/mol. The number of alkyl halides is 3. The standard InChI is InChI=1S/C18H23F3N2O4/c1-17(2,3)26-16(25)22-11-9-13(10-12-22)15(24)23(27-18(19,20)21)14-7-5-4-6-8-14/h4-8,13H,9-12H2,1-3H3. The lowest BCUT2D eigenvalue weighted by Gasteiger charge is -2.34. The zero-order valence-corrected chi connectivity index (χ0v) is 15.5. The largest absolute Gasteiger partial charge is 0.544 e. The summed E-state index contributed by atoms with van der Waals surface area (Å²) in [7, 11) is 0. The molecule has 1 saturated heterocycles. The topological polar surface area (TPSA) is 59.1 Å². The Bertz CT molecular complexity index is 651. The van der Waals surface area contributed by atoms with Gasteiger partial charge < -0.3 is 9.64 Å². The lowest BCUT2D eigenvalue weighted by Crippen LogP contribution is -2.47. The van der Waals surface area contributed by atoms with E-state index in [4.69, 9.17) is 4.74 Å². The second kappa shape index (κ2) is 8.16. The fourth-order valence-electron chi connectivity index (χ4n) is 2.69. The third-order valence-corrected chi connectivity index (χ3v) is 3.88. The van der Waals surface area contributed by atoms with Crippen LogP contribution in [0.5, 0.6) is 0 Å². The highest BCUT2D eigenvalue weighted by atomic mass is 19.4. The minimum absolute atomic E-state index is 0.00519. The van der Waals surface area contributed by atoms with Crippen molar-refractivity contribution in [2.45, 2.75) is 45.6 Å². The Morgan fingerprint density at radius 2 is 1.63 bits per heavy atom. The molecule has 0 spiro atoms. The first-order valence-electron chi connectivity index (χ1n) is 8.59. The summed E-state index contributed by atoms with van der Waals surface area (Å²) < 4.78 is 43.6. The maximum Gasteiger partial charge on any atom is 0.544 e. The zero-order valence-electron chi connectivity index (χ0n) is 15.5. The number of likely N-dealkylation sites (tertiary alicyclic amines) is 1. The van der Waals surface area contributed by atoms with Crippen LogP contribution >= 0.6 is 0 Å². The summed E-state index contributed by atoms with van der Waals surface area (Å²) in [6, 6.07) is 7.37. The van der Waals surface area contributed by atoms with Gasteiger partial charge in [-0.05, 0) is 45.7 Å². The molecule has 1 aliphatic heterocycles. The molecule has 6 nitrogen and oxygen atoms in total. The number of para-hydroxylation sites is 1. The molecule has 0 atom stereocenters. The molecule has 27 heavy (non-hydrogen) atoms. The number of anilines is 1. The maximum absolute atomic E-state index is 12.8. The molecule has 0 radical (unpaired) electrons. The number of hydrogen-bond donors (Lipinski definition) is 0. The number of carbonyl (C=O) groups excluding carboxylic acids is 2. The Balaban J connectivity index is 2.04. The zero-order chi connectivity index (χ0) is 20.2. The summed E-state index contributed by atoms with van der Waals surface area (Å²) in [4.78, 5) is 30.1. The smallest absolute Gasteiger partial charge is 0.444 e. The van der Waals surface area contributed by atoms with Crippen molar-refractivity contribution in [3.05, 3.63) is 30.3 Å². The van der Waals surface area contributed by atoms with Gasteiger partial charge in [-0.1, -0.05) is 18.2 Å². The van der Waals surface area contributed by atoms with Crippen LogP contribution in [0.2, 0.25) is 0 Å². The maximum atomic E-state index is 12.8. The van der Waals surface area contributed by atoms with E-state index < -0.39 is 29.9 Å². The van der Waals surface area contributed by atoms with Gasteiger partial charge in [-0.15, -0.1) is 13.2 Å². The van der Waals surface area contributed by atoms with Crippen molar-refractivity contribution in [2.24, 2.45) is 5.92 Å². The van der Waals surface area contributed by atoms with E-state index in [0.29, 0.717) is 0 Å². The van der Waals surface area contributed by atoms with Gasteiger partial charge in [0, 0.05) is 19.0 Å². The number of hydroxylamine groups is 1. The van der Waals surface area contributed by atoms with Gasteiger partial charge in [-0.2, -0.15) is 9.90 Å². The molecule has 1 fully saturated rings. The summed E-state index contributed by atoms with van der Waals surface area (Å²) in [6.07, 6.45) is -5.05. The molecule has 0 bridgehead atoms. The number of halogens is 3. The summed E-state index contributed by atoms with van der Waals surface area (Å²) >= 11 is 0. The minimum atomic E-state index is -5.00. The molecule has 0 aliphatic carbocycles. The highest BCUT2D eigenvalue weighted by Gasteiger charge is 2.39. The van der Waals surface area contributed by atoms with Crippen molar-refractivity contribution in [1.29, 1.82) is 0 Å². The van der Waals surface area contributed by atoms with E-state index in [1.54, 1.807) is 26.8 Å². The molecule has 9 heteroatoms. The molecule has 0 saturated carbocycles. The molecule has 1 aromatic carbocycles. The molecule has 0 aromatic heterocycles. The summed E-state index contributed by atoms with van der Waals surface area (Å²) in [6.45, 7) is 5.67. The molecule has 2 rings (SSSR count). The fourth-order valence-corrected chi connectivity index (χ4v) is 2.69. The Labute approximate surface area is 155 Å². The van der Waals surface area contributed by atoms with Crippen LogP contribution in [0, 0.1) is 5.92 Å². The number of amides is 2. The first-order chi connectivity index (χ1) is 12.5. The number of hydrogen-bond acceptors (Lipinski definition) is 4. The first kappa shape index (κ1) is 21.0. The molecule has 1 aliphatic rings. The van der Waals surface area contributed by atoms with Crippen molar-refractivity contribution in [3.63, 3.8) is 0 Å². The Kier molecular flexibility index (Phi) is 6.35. The first-order valence-corrected chi connectivity index (χ1v) is 8.59. The van der Waals surface area contributed by atoms with E-state index >= 15 is 0 Å². The fraction of sp³-hybridized carbons (Fsp3) is 0.556. The number of carbonyl (C=O) groups is 2. The van der Waals surface area contributed by atoms with Gasteiger partial charge in [0.05, 0.1) is 5.69 Å². The second-order valence-corrected chi connectivity index (χ2v) is 7.25. The van der Waals surface area contributed by atoms with Gasteiger partial charge >= 0.3 is 12.5 Å². The molecule has 1 heterocycles. The third kappa shape index (κ3) is 6.42. The lowest BCUT2D eigenvalue weighted by molar-refractivity contribution is -0.327. The van der Waals surface area contributed by atoms with E-state index in [9.17, 15) is 22.8 Å². The molecular formula is C18H23F3N2O4. The van der Waals surface area contributed by atoms with E-state index in [2.05, 4.69) is 4.84 Å². The van der Waals surface area contributed by atoms with Crippen LogP contribution in [0.15, 0.2) is 30.3 Å². The number of nitrogens with zero attached hydrogens (tertiary/aromatic N) is 2. The van der Waals surface area contributed by atoms with E-state index in [1.807, 2.05) is 0 Å². The molecule has 0 unspecified atom stereocenters. The number of piperidine rings is 1. The number of ether oxygens (including phenoxy) is 1. The van der Waals surface area contributed by atoms with Gasteiger partial charge in [-0.3, -0.25) is 4.79 Å². The SMILES string of the molecule is CC(C)(C)OC(=O)N1CCC(C(=O)N(OC(F)(F)F)c2ccccc2)CC1. The Morgan fingerprint density at radius 1 is 1.07 bits per heavy atom. The van der Waals surface area contributed by atoms with Crippen molar-refractivity contribution >= 4 is 17.7 Å². The van der Waals surface area contributed by atoms with Crippen LogP contribution < -0.4 is 5.06 Å². The summed E-state index contributed by atoms with van der Waals surface area (Å²) in [5.41, 5.74) is -0.650. The predicted molar refractivity (Wildman–Crippen MR) is 91.6 cm³/mol.